The van der Waals surface area contributed by atoms with Crippen molar-refractivity contribution < 1.29 is 14.7 Å². The van der Waals surface area contributed by atoms with Crippen molar-refractivity contribution in [2.75, 3.05) is 0 Å². The Morgan fingerprint density at radius 1 is 1.47 bits per heavy atom. The highest BCUT2D eigenvalue weighted by Gasteiger charge is 2.34. The third-order valence-electron chi connectivity index (χ3n) is 3.22. The van der Waals surface area contributed by atoms with Crippen molar-refractivity contribution in [1.29, 1.82) is 0 Å². The summed E-state index contributed by atoms with van der Waals surface area (Å²) in [6, 6.07) is -0.163. The first kappa shape index (κ1) is 12.0. The number of carbonyl (C=O) groups excluding carboxylic acids is 1. The molecule has 15 heavy (non-hydrogen) atoms. The van der Waals surface area contributed by atoms with Crippen LogP contribution in [-0.2, 0) is 9.59 Å². The Kier molecular flexibility index (Phi) is 4.12. The average Bonchev–Trinajstić information content (AvgIpc) is 2.64. The Bertz CT molecular complexity index is 252. The van der Waals surface area contributed by atoms with Crippen molar-refractivity contribution in [3.63, 3.8) is 0 Å². The van der Waals surface area contributed by atoms with E-state index in [1.807, 2.05) is 13.8 Å². The molecule has 1 aliphatic carbocycles. The van der Waals surface area contributed by atoms with Crippen molar-refractivity contribution in [3.8, 4) is 0 Å². The van der Waals surface area contributed by atoms with Gasteiger partial charge in [-0.25, -0.2) is 0 Å². The number of carbonyl (C=O) groups is 2. The molecule has 1 fully saturated rings. The summed E-state index contributed by atoms with van der Waals surface area (Å²) < 4.78 is 0. The molecular weight excluding hydrogens is 194 g/mol. The van der Waals surface area contributed by atoms with Crippen molar-refractivity contribution in [3.05, 3.63) is 0 Å². The maximum absolute atomic E-state index is 11.6. The Balaban J connectivity index is 2.50. The van der Waals surface area contributed by atoms with Crippen LogP contribution < -0.4 is 5.32 Å². The maximum Gasteiger partial charge on any atom is 0.308 e. The molecule has 3 atom stereocenters. The first-order chi connectivity index (χ1) is 7.06. The SMILES string of the molecule is CCC(C)C(=O)NC1CCCC1C(=O)O. The van der Waals surface area contributed by atoms with E-state index in [1.165, 1.54) is 0 Å². The summed E-state index contributed by atoms with van der Waals surface area (Å²) in [6.45, 7) is 3.81. The standard InChI is InChI=1S/C11H19NO3/c1-3-7(2)10(13)12-9-6-4-5-8(9)11(14)15/h7-9H,3-6H2,1-2H3,(H,12,13)(H,14,15). The van der Waals surface area contributed by atoms with Gasteiger partial charge >= 0.3 is 5.97 Å². The monoisotopic (exact) mass is 213 g/mol. The Labute approximate surface area is 90.0 Å². The fourth-order valence-electron chi connectivity index (χ4n) is 1.94. The highest BCUT2D eigenvalue weighted by atomic mass is 16.4. The summed E-state index contributed by atoms with van der Waals surface area (Å²) in [6.07, 6.45) is 3.15. The number of carboxylic acid groups (broad SMARTS) is 1. The van der Waals surface area contributed by atoms with Crippen molar-refractivity contribution >= 4 is 11.9 Å². The van der Waals surface area contributed by atoms with E-state index in [0.29, 0.717) is 6.42 Å². The Morgan fingerprint density at radius 3 is 2.67 bits per heavy atom. The normalized spacial score (nSPS) is 27.3. The smallest absolute Gasteiger partial charge is 0.308 e. The zero-order valence-electron chi connectivity index (χ0n) is 9.32. The number of hydrogen-bond acceptors (Lipinski definition) is 2. The highest BCUT2D eigenvalue weighted by Crippen LogP contribution is 2.26. The lowest BCUT2D eigenvalue weighted by Gasteiger charge is -2.19. The molecule has 0 bridgehead atoms. The van der Waals surface area contributed by atoms with Crippen molar-refractivity contribution in [2.24, 2.45) is 11.8 Å². The molecule has 1 aliphatic rings. The first-order valence-electron chi connectivity index (χ1n) is 5.59. The second kappa shape index (κ2) is 5.14. The van der Waals surface area contributed by atoms with Crippen LogP contribution in [0.1, 0.15) is 39.5 Å². The van der Waals surface area contributed by atoms with Gasteiger partial charge in [-0.3, -0.25) is 9.59 Å². The fraction of sp³-hybridized carbons (Fsp3) is 0.818. The predicted molar refractivity (Wildman–Crippen MR) is 56.4 cm³/mol. The van der Waals surface area contributed by atoms with Crippen LogP contribution in [0, 0.1) is 11.8 Å². The topological polar surface area (TPSA) is 66.4 Å². The molecule has 1 amide bonds. The number of nitrogens with one attached hydrogen (secondary N) is 1. The molecule has 1 rings (SSSR count). The minimum Gasteiger partial charge on any atom is -0.481 e. The second-order valence-electron chi connectivity index (χ2n) is 4.30. The van der Waals surface area contributed by atoms with Gasteiger partial charge in [-0.05, 0) is 19.3 Å². The summed E-state index contributed by atoms with van der Waals surface area (Å²) in [4.78, 5) is 22.5. The zero-order valence-corrected chi connectivity index (χ0v) is 9.32. The molecule has 0 radical (unpaired) electrons. The van der Waals surface area contributed by atoms with Gasteiger partial charge in [-0.2, -0.15) is 0 Å². The van der Waals surface area contributed by atoms with E-state index in [-0.39, 0.29) is 17.9 Å². The van der Waals surface area contributed by atoms with E-state index in [1.54, 1.807) is 0 Å². The summed E-state index contributed by atoms with van der Waals surface area (Å²) in [5.74, 6) is -1.23. The van der Waals surface area contributed by atoms with Gasteiger partial charge < -0.3 is 10.4 Å². The molecule has 4 heteroatoms. The van der Waals surface area contributed by atoms with Gasteiger partial charge in [-0.1, -0.05) is 20.3 Å². The van der Waals surface area contributed by atoms with E-state index in [0.717, 1.165) is 19.3 Å². The van der Waals surface area contributed by atoms with Crippen LogP contribution in [0.15, 0.2) is 0 Å². The quantitative estimate of drug-likeness (QED) is 0.741. The molecule has 0 aromatic carbocycles. The lowest BCUT2D eigenvalue weighted by molar-refractivity contribution is -0.142. The largest absolute Gasteiger partial charge is 0.481 e. The molecule has 4 nitrogen and oxygen atoms in total. The van der Waals surface area contributed by atoms with Crippen molar-refractivity contribution in [1.82, 2.24) is 5.32 Å². The van der Waals surface area contributed by atoms with Gasteiger partial charge in [0.2, 0.25) is 5.91 Å². The molecule has 0 aromatic heterocycles. The fourth-order valence-corrected chi connectivity index (χ4v) is 1.94. The minimum absolute atomic E-state index is 0.0179. The molecular formula is C11H19NO3. The third-order valence-corrected chi connectivity index (χ3v) is 3.22. The van der Waals surface area contributed by atoms with E-state index in [4.69, 9.17) is 5.11 Å². The van der Waals surface area contributed by atoms with Gasteiger partial charge in [0.15, 0.2) is 0 Å². The minimum atomic E-state index is -0.790. The van der Waals surface area contributed by atoms with Crippen LogP contribution in [0.4, 0.5) is 0 Å². The summed E-state index contributed by atoms with van der Waals surface area (Å²) in [7, 11) is 0. The van der Waals surface area contributed by atoms with E-state index >= 15 is 0 Å². The van der Waals surface area contributed by atoms with Crippen LogP contribution in [0.2, 0.25) is 0 Å². The van der Waals surface area contributed by atoms with Crippen LogP contribution in [0.5, 0.6) is 0 Å². The molecule has 0 saturated heterocycles. The first-order valence-corrected chi connectivity index (χ1v) is 5.59. The molecule has 3 unspecified atom stereocenters. The lowest BCUT2D eigenvalue weighted by atomic mass is 10.0. The van der Waals surface area contributed by atoms with Gasteiger partial charge in [0.25, 0.3) is 0 Å². The molecule has 86 valence electrons. The molecule has 1 saturated carbocycles. The Hall–Kier alpha value is -1.06. The third kappa shape index (κ3) is 2.94. The molecule has 2 N–H and O–H groups in total. The summed E-state index contributed by atoms with van der Waals surface area (Å²) >= 11 is 0. The average molecular weight is 213 g/mol. The summed E-state index contributed by atoms with van der Waals surface area (Å²) in [5, 5.41) is 11.8. The van der Waals surface area contributed by atoms with Crippen LogP contribution in [0.25, 0.3) is 0 Å². The van der Waals surface area contributed by atoms with E-state index in [9.17, 15) is 9.59 Å². The molecule has 0 aromatic rings. The lowest BCUT2D eigenvalue weighted by Crippen LogP contribution is -2.42. The molecule has 0 heterocycles. The molecule has 0 aliphatic heterocycles. The van der Waals surface area contributed by atoms with Crippen LogP contribution in [0.3, 0.4) is 0 Å². The number of rotatable bonds is 4. The second-order valence-corrected chi connectivity index (χ2v) is 4.30. The zero-order chi connectivity index (χ0) is 11.4. The van der Waals surface area contributed by atoms with Gasteiger partial charge in [-0.15, -0.1) is 0 Å². The van der Waals surface area contributed by atoms with Gasteiger partial charge in [0.05, 0.1) is 5.92 Å². The summed E-state index contributed by atoms with van der Waals surface area (Å²) in [5.41, 5.74) is 0. The number of aliphatic carboxylic acids is 1. The van der Waals surface area contributed by atoms with E-state index < -0.39 is 11.9 Å². The van der Waals surface area contributed by atoms with Crippen LogP contribution >= 0.6 is 0 Å². The Morgan fingerprint density at radius 2 is 2.13 bits per heavy atom. The maximum atomic E-state index is 11.6. The molecule has 0 spiro atoms. The predicted octanol–water partition coefficient (Wildman–Crippen LogP) is 1.40. The van der Waals surface area contributed by atoms with E-state index in [2.05, 4.69) is 5.32 Å². The van der Waals surface area contributed by atoms with Crippen LogP contribution in [-0.4, -0.2) is 23.0 Å². The van der Waals surface area contributed by atoms with Gasteiger partial charge in [0.1, 0.15) is 0 Å². The number of carboxylic acids is 1. The van der Waals surface area contributed by atoms with Crippen molar-refractivity contribution in [2.45, 2.75) is 45.6 Å². The number of amides is 1. The number of hydrogen-bond donors (Lipinski definition) is 2. The van der Waals surface area contributed by atoms with Gasteiger partial charge in [0, 0.05) is 12.0 Å². The highest BCUT2D eigenvalue weighted by molar-refractivity contribution is 5.80.